The molecule has 5 heterocycles. The minimum absolute atomic E-state index is 0.132. The second kappa shape index (κ2) is 12.4. The van der Waals surface area contributed by atoms with Crippen LogP contribution in [0.3, 0.4) is 0 Å². The van der Waals surface area contributed by atoms with E-state index in [2.05, 4.69) is 20.5 Å². The number of benzene rings is 2. The van der Waals surface area contributed by atoms with Gasteiger partial charge in [-0.3, -0.25) is 19.5 Å². The predicted molar refractivity (Wildman–Crippen MR) is 159 cm³/mol. The van der Waals surface area contributed by atoms with Crippen LogP contribution >= 0.6 is 0 Å². The quantitative estimate of drug-likeness (QED) is 0.415. The Hall–Kier alpha value is -4.19. The van der Waals surface area contributed by atoms with Gasteiger partial charge in [-0.25, -0.2) is 0 Å². The highest BCUT2D eigenvalue weighted by Gasteiger charge is 2.39. The lowest BCUT2D eigenvalue weighted by Crippen LogP contribution is -2.50. The Morgan fingerprint density at radius 1 is 0.909 bits per heavy atom. The van der Waals surface area contributed by atoms with E-state index in [0.29, 0.717) is 68.2 Å². The summed E-state index contributed by atoms with van der Waals surface area (Å²) in [5.41, 5.74) is 3.29. The van der Waals surface area contributed by atoms with Gasteiger partial charge in [0.25, 0.3) is 5.91 Å². The molecule has 3 aromatic rings. The van der Waals surface area contributed by atoms with E-state index in [9.17, 15) is 14.7 Å². The van der Waals surface area contributed by atoms with E-state index >= 15 is 0 Å². The summed E-state index contributed by atoms with van der Waals surface area (Å²) in [5.74, 6) is 1.46. The lowest BCUT2D eigenvalue weighted by Gasteiger charge is -2.34. The molecule has 2 saturated heterocycles. The zero-order valence-electron chi connectivity index (χ0n) is 24.3. The number of nitrogens with one attached hydrogen (secondary N) is 2. The molecule has 11 nitrogen and oxygen atoms in total. The monoisotopic (exact) mass is 600 g/mol. The summed E-state index contributed by atoms with van der Waals surface area (Å²) in [6, 6.07) is 14.4. The van der Waals surface area contributed by atoms with Gasteiger partial charge in [0.05, 0.1) is 30.4 Å². The molecule has 0 unspecified atom stereocenters. The lowest BCUT2D eigenvalue weighted by molar-refractivity contribution is -0.133. The molecule has 4 bridgehead atoms. The van der Waals surface area contributed by atoms with Crippen molar-refractivity contribution >= 4 is 11.8 Å². The number of carbonyl (C=O) groups excluding carboxylic acids is 2. The Kier molecular flexibility index (Phi) is 8.07. The minimum atomic E-state index is -0.657. The van der Waals surface area contributed by atoms with Crippen molar-refractivity contribution in [2.24, 2.45) is 0 Å². The maximum atomic E-state index is 13.7. The van der Waals surface area contributed by atoms with Gasteiger partial charge >= 0.3 is 0 Å². The van der Waals surface area contributed by atoms with Crippen molar-refractivity contribution in [1.82, 2.24) is 20.5 Å². The maximum absolute atomic E-state index is 13.7. The van der Waals surface area contributed by atoms with Gasteiger partial charge in [0.2, 0.25) is 12.7 Å². The Balaban J connectivity index is 1.17. The summed E-state index contributed by atoms with van der Waals surface area (Å²) in [5, 5.41) is 16.9. The number of aliphatic hydroxyl groups excluding tert-OH is 1. The molecule has 2 aromatic carbocycles. The van der Waals surface area contributed by atoms with E-state index in [1.165, 1.54) is 0 Å². The van der Waals surface area contributed by atoms with Crippen LogP contribution in [0.4, 0.5) is 0 Å². The number of aromatic nitrogens is 1. The smallest absolute Gasteiger partial charge is 0.255 e. The van der Waals surface area contributed by atoms with Gasteiger partial charge in [-0.2, -0.15) is 0 Å². The van der Waals surface area contributed by atoms with Crippen molar-refractivity contribution in [3.05, 3.63) is 72.1 Å². The van der Waals surface area contributed by atoms with Crippen LogP contribution in [0.1, 0.15) is 41.6 Å². The van der Waals surface area contributed by atoms with Gasteiger partial charge in [-0.05, 0) is 72.4 Å². The molecule has 230 valence electrons. The minimum Gasteiger partial charge on any atom is -0.493 e. The van der Waals surface area contributed by atoms with E-state index in [-0.39, 0.29) is 37.3 Å². The number of fused-ring (bicyclic) bond motifs is 6. The van der Waals surface area contributed by atoms with Crippen LogP contribution in [-0.4, -0.2) is 83.7 Å². The highest BCUT2D eigenvalue weighted by molar-refractivity contribution is 5.98. The molecule has 4 aliphatic rings. The number of likely N-dealkylation sites (tertiary alicyclic amines) is 1. The molecule has 0 aliphatic carbocycles. The molecule has 0 radical (unpaired) electrons. The van der Waals surface area contributed by atoms with Crippen LogP contribution in [0.2, 0.25) is 0 Å². The normalized spacial score (nSPS) is 27.2. The molecule has 44 heavy (non-hydrogen) atoms. The Morgan fingerprint density at radius 2 is 1.77 bits per heavy atom. The fourth-order valence-corrected chi connectivity index (χ4v) is 6.51. The second-order valence-electron chi connectivity index (χ2n) is 11.8. The summed E-state index contributed by atoms with van der Waals surface area (Å²) in [7, 11) is 0. The summed E-state index contributed by atoms with van der Waals surface area (Å²) < 4.78 is 23.5. The van der Waals surface area contributed by atoms with Crippen LogP contribution in [0.25, 0.3) is 11.1 Å². The van der Waals surface area contributed by atoms with Crippen molar-refractivity contribution < 1.29 is 33.6 Å². The van der Waals surface area contributed by atoms with Crippen LogP contribution in [0, 0.1) is 0 Å². The molecule has 0 saturated carbocycles. The van der Waals surface area contributed by atoms with Crippen LogP contribution < -0.4 is 24.8 Å². The van der Waals surface area contributed by atoms with Crippen LogP contribution in [0.15, 0.2) is 60.9 Å². The number of nitrogens with zero attached hydrogens (tertiary/aromatic N) is 2. The average molecular weight is 601 g/mol. The first-order chi connectivity index (χ1) is 21.5. The second-order valence-corrected chi connectivity index (χ2v) is 11.8. The van der Waals surface area contributed by atoms with Gasteiger partial charge in [0, 0.05) is 44.5 Å². The van der Waals surface area contributed by atoms with Crippen LogP contribution in [-0.2, 0) is 16.1 Å². The molecule has 7 rings (SSSR count). The number of rotatable bonds is 3. The van der Waals surface area contributed by atoms with E-state index in [0.717, 1.165) is 16.7 Å². The Labute approximate surface area is 255 Å². The van der Waals surface area contributed by atoms with Gasteiger partial charge < -0.3 is 34.7 Å². The highest BCUT2D eigenvalue weighted by Crippen LogP contribution is 2.34. The average Bonchev–Trinajstić information content (AvgIpc) is 3.67. The zero-order valence-corrected chi connectivity index (χ0v) is 24.3. The third-order valence-electron chi connectivity index (χ3n) is 8.86. The third-order valence-corrected chi connectivity index (χ3v) is 8.86. The molecule has 3 N–H and O–H groups in total. The molecule has 5 atom stereocenters. The van der Waals surface area contributed by atoms with E-state index in [4.69, 9.17) is 18.9 Å². The summed E-state index contributed by atoms with van der Waals surface area (Å²) in [4.78, 5) is 33.5. The Bertz CT molecular complexity index is 1520. The topological polar surface area (TPSA) is 131 Å². The highest BCUT2D eigenvalue weighted by atomic mass is 16.7. The molecule has 11 heteroatoms. The van der Waals surface area contributed by atoms with Gasteiger partial charge in [-0.15, -0.1) is 0 Å². The van der Waals surface area contributed by atoms with Crippen molar-refractivity contribution in [2.45, 2.75) is 62.6 Å². The zero-order chi connectivity index (χ0) is 30.0. The third kappa shape index (κ3) is 6.08. The predicted octanol–water partition coefficient (Wildman–Crippen LogP) is 2.66. The fourth-order valence-electron chi connectivity index (χ4n) is 6.51. The standard InChI is InChI=1S/C33H36N4O7/c38-27-5-3-24-9-12-41-29-14-22(21-7-10-34-11-8-21)2-4-25(29)32(39)36-23-15-26(33(40)35-16-31(27)44-24)37(18-23)17-20-1-6-28-30(13-20)43-19-42-28/h1-2,4,6-8,10-11,13-14,23-24,26-27,31,38H,3,5,9,12,15-19H2,(H,35,40)(H,36,39)/t23-,24-,26-,27-,31+/m0/s1. The lowest BCUT2D eigenvalue weighted by atomic mass is 9.99. The summed E-state index contributed by atoms with van der Waals surface area (Å²) >= 11 is 0. The molecule has 0 spiro atoms. The number of hydrogen-bond acceptors (Lipinski definition) is 9. The molecule has 2 fully saturated rings. The molecular weight excluding hydrogens is 564 g/mol. The summed E-state index contributed by atoms with van der Waals surface area (Å²) in [6.45, 7) is 1.71. The first-order valence-corrected chi connectivity index (χ1v) is 15.2. The molecular formula is C33H36N4O7. The Morgan fingerprint density at radius 3 is 2.66 bits per heavy atom. The SMILES string of the molecule is O=C1N[C@H]2C[C@@H](C(=O)NC[C@H]3O[C@H](CCOc4cc(-c5ccncc5)ccc41)CC[C@@H]3O)N(Cc1ccc3c(c1)OCO3)C2. The number of hydrogen-bond donors (Lipinski definition) is 3. The number of pyridine rings is 1. The number of ether oxygens (including phenoxy) is 4. The van der Waals surface area contributed by atoms with Crippen LogP contribution in [0.5, 0.6) is 17.2 Å². The number of amides is 2. The molecule has 2 amide bonds. The van der Waals surface area contributed by atoms with Gasteiger partial charge in [-0.1, -0.05) is 12.1 Å². The van der Waals surface area contributed by atoms with Crippen molar-refractivity contribution in [3.8, 4) is 28.4 Å². The fraction of sp³-hybridized carbons (Fsp3) is 0.424. The molecule has 4 aliphatic heterocycles. The number of aliphatic hydroxyl groups is 1. The van der Waals surface area contributed by atoms with Gasteiger partial charge in [0.1, 0.15) is 11.9 Å². The van der Waals surface area contributed by atoms with Crippen molar-refractivity contribution in [3.63, 3.8) is 0 Å². The van der Waals surface area contributed by atoms with E-state index in [1.54, 1.807) is 18.5 Å². The number of carbonyl (C=O) groups is 2. The van der Waals surface area contributed by atoms with Crippen molar-refractivity contribution in [1.29, 1.82) is 0 Å². The first kappa shape index (κ1) is 28.6. The summed E-state index contributed by atoms with van der Waals surface area (Å²) in [6.07, 6.45) is 4.46. The first-order valence-electron chi connectivity index (χ1n) is 15.2. The van der Waals surface area contributed by atoms with E-state index in [1.807, 2.05) is 42.5 Å². The van der Waals surface area contributed by atoms with E-state index < -0.39 is 18.2 Å². The van der Waals surface area contributed by atoms with Crippen molar-refractivity contribution in [2.75, 3.05) is 26.5 Å². The van der Waals surface area contributed by atoms with Gasteiger partial charge in [0.15, 0.2) is 11.5 Å². The largest absolute Gasteiger partial charge is 0.493 e. The maximum Gasteiger partial charge on any atom is 0.255 e. The molecule has 1 aromatic heterocycles.